The maximum atomic E-state index is 5.82. The van der Waals surface area contributed by atoms with Gasteiger partial charge in [0.2, 0.25) is 0 Å². The predicted molar refractivity (Wildman–Crippen MR) is 47.4 cm³/mol. The van der Waals surface area contributed by atoms with Gasteiger partial charge in [0, 0.05) is 14.1 Å². The molecule has 0 unspecified atom stereocenters. The number of halogens is 2. The van der Waals surface area contributed by atoms with Crippen molar-refractivity contribution in [3.8, 4) is 0 Å². The van der Waals surface area contributed by atoms with E-state index in [-0.39, 0.29) is 0 Å². The van der Waals surface area contributed by atoms with E-state index in [1.807, 2.05) is 14.1 Å². The Morgan fingerprint density at radius 1 is 1.45 bits per heavy atom. The summed E-state index contributed by atoms with van der Waals surface area (Å²) in [5.41, 5.74) is 0. The molecule has 1 heterocycles. The minimum absolute atomic E-state index is 0.431. The first-order chi connectivity index (χ1) is 5.11. The van der Waals surface area contributed by atoms with Crippen molar-refractivity contribution in [3.05, 3.63) is 22.3 Å². The van der Waals surface area contributed by atoms with Crippen LogP contribution in [-0.2, 0) is 0 Å². The Morgan fingerprint density at radius 2 is 2.09 bits per heavy atom. The van der Waals surface area contributed by atoms with E-state index in [0.717, 1.165) is 0 Å². The Morgan fingerprint density at radius 3 is 2.55 bits per heavy atom. The second-order valence-electron chi connectivity index (χ2n) is 2.28. The first-order valence-electron chi connectivity index (χ1n) is 3.02. The quantitative estimate of drug-likeness (QED) is 0.675. The van der Waals surface area contributed by atoms with Gasteiger partial charge in [0.05, 0.1) is 10.0 Å². The molecule has 0 saturated carbocycles. The van der Waals surface area contributed by atoms with Crippen LogP contribution in [0.5, 0.6) is 0 Å². The summed E-state index contributed by atoms with van der Waals surface area (Å²) in [4.78, 5) is 5.72. The molecule has 0 aliphatic heterocycles. The van der Waals surface area contributed by atoms with Crippen LogP contribution in [0.1, 0.15) is 0 Å². The Balaban J connectivity index is 3.09. The number of pyridine rings is 1. The normalized spacial score (nSPS) is 9.82. The fourth-order valence-corrected chi connectivity index (χ4v) is 1.21. The average molecular weight is 190 g/mol. The van der Waals surface area contributed by atoms with Gasteiger partial charge in [-0.15, -0.1) is 0 Å². The van der Waals surface area contributed by atoms with Gasteiger partial charge < -0.3 is 4.90 Å². The Kier molecular flexibility index (Phi) is 2.58. The maximum Gasteiger partial charge on any atom is 0.147 e. The SMILES string of the molecule is CN(C)c1n[c]c(Cl)cc1Cl. The Hall–Kier alpha value is -0.470. The largest absolute Gasteiger partial charge is 0.361 e. The molecule has 0 bridgehead atoms. The van der Waals surface area contributed by atoms with Crippen LogP contribution in [0.2, 0.25) is 10.0 Å². The van der Waals surface area contributed by atoms with Crippen LogP contribution < -0.4 is 4.90 Å². The summed E-state index contributed by atoms with van der Waals surface area (Å²) in [7, 11) is 3.71. The van der Waals surface area contributed by atoms with Gasteiger partial charge >= 0.3 is 0 Å². The van der Waals surface area contributed by atoms with Crippen molar-refractivity contribution in [2.45, 2.75) is 0 Å². The van der Waals surface area contributed by atoms with Crippen LogP contribution in [0.15, 0.2) is 6.07 Å². The van der Waals surface area contributed by atoms with E-state index < -0.39 is 0 Å². The van der Waals surface area contributed by atoms with Crippen molar-refractivity contribution in [2.24, 2.45) is 0 Å². The third kappa shape index (κ3) is 1.98. The van der Waals surface area contributed by atoms with Crippen LogP contribution >= 0.6 is 23.2 Å². The molecule has 0 aromatic carbocycles. The highest BCUT2D eigenvalue weighted by molar-refractivity contribution is 6.35. The molecule has 1 aromatic rings. The molecule has 1 radical (unpaired) electrons. The molecule has 0 spiro atoms. The molecule has 2 nitrogen and oxygen atoms in total. The lowest BCUT2D eigenvalue weighted by atomic mass is 10.4. The standard InChI is InChI=1S/C7H7Cl2N2/c1-11(2)7-6(9)3-5(8)4-10-7/h3H,1-2H3. The highest BCUT2D eigenvalue weighted by Crippen LogP contribution is 2.23. The van der Waals surface area contributed by atoms with E-state index in [1.165, 1.54) is 0 Å². The molecule has 1 rings (SSSR count). The fraction of sp³-hybridized carbons (Fsp3) is 0.286. The molecule has 11 heavy (non-hydrogen) atoms. The van der Waals surface area contributed by atoms with Gasteiger partial charge in [-0.2, -0.15) is 0 Å². The van der Waals surface area contributed by atoms with Gasteiger partial charge in [-0.1, -0.05) is 23.2 Å². The summed E-state index contributed by atoms with van der Waals surface area (Å²) >= 11 is 11.4. The predicted octanol–water partition coefficient (Wildman–Crippen LogP) is 2.25. The minimum atomic E-state index is 0.431. The van der Waals surface area contributed by atoms with Gasteiger partial charge in [-0.05, 0) is 6.07 Å². The lowest BCUT2D eigenvalue weighted by molar-refractivity contribution is 1.07. The van der Waals surface area contributed by atoms with E-state index in [1.54, 1.807) is 11.0 Å². The lowest BCUT2D eigenvalue weighted by Gasteiger charge is -2.11. The Labute approximate surface area is 75.7 Å². The van der Waals surface area contributed by atoms with Crippen LogP contribution in [0.25, 0.3) is 0 Å². The number of hydrogen-bond acceptors (Lipinski definition) is 2. The molecule has 4 heteroatoms. The third-order valence-electron chi connectivity index (χ3n) is 1.16. The van der Waals surface area contributed by atoms with Crippen LogP contribution in [0.4, 0.5) is 5.82 Å². The van der Waals surface area contributed by atoms with Crippen molar-refractivity contribution in [1.82, 2.24) is 4.98 Å². The van der Waals surface area contributed by atoms with Crippen molar-refractivity contribution >= 4 is 29.0 Å². The number of hydrogen-bond donors (Lipinski definition) is 0. The fourth-order valence-electron chi connectivity index (χ4n) is 0.681. The molecule has 1 aromatic heterocycles. The van der Waals surface area contributed by atoms with Gasteiger partial charge in [0.15, 0.2) is 0 Å². The number of rotatable bonds is 1. The highest BCUT2D eigenvalue weighted by atomic mass is 35.5. The van der Waals surface area contributed by atoms with Gasteiger partial charge in [0.1, 0.15) is 12.0 Å². The second kappa shape index (κ2) is 3.28. The lowest BCUT2D eigenvalue weighted by Crippen LogP contribution is -2.10. The van der Waals surface area contributed by atoms with Crippen molar-refractivity contribution in [1.29, 1.82) is 0 Å². The first kappa shape index (κ1) is 8.62. The van der Waals surface area contributed by atoms with E-state index in [2.05, 4.69) is 11.2 Å². The zero-order valence-electron chi connectivity index (χ0n) is 6.23. The Bertz CT molecular complexity index is 261. The highest BCUT2D eigenvalue weighted by Gasteiger charge is 2.03. The first-order valence-corrected chi connectivity index (χ1v) is 3.78. The number of anilines is 1. The maximum absolute atomic E-state index is 5.82. The monoisotopic (exact) mass is 189 g/mol. The molecular formula is C7H7Cl2N2. The molecule has 0 atom stereocenters. The molecule has 0 aliphatic carbocycles. The topological polar surface area (TPSA) is 16.1 Å². The average Bonchev–Trinajstić information content (AvgIpc) is 1.85. The summed E-state index contributed by atoms with van der Waals surface area (Å²) < 4.78 is 0. The van der Waals surface area contributed by atoms with Crippen LogP contribution in [0.3, 0.4) is 0 Å². The summed E-state index contributed by atoms with van der Waals surface area (Å²) in [6, 6.07) is 1.62. The summed E-state index contributed by atoms with van der Waals surface area (Å²) in [5, 5.41) is 0.972. The van der Waals surface area contributed by atoms with Gasteiger partial charge in [-0.3, -0.25) is 0 Å². The smallest absolute Gasteiger partial charge is 0.147 e. The van der Waals surface area contributed by atoms with E-state index in [0.29, 0.717) is 15.9 Å². The van der Waals surface area contributed by atoms with E-state index in [9.17, 15) is 0 Å². The molecule has 0 amide bonds. The summed E-state index contributed by atoms with van der Waals surface area (Å²) in [5.74, 6) is 0.677. The van der Waals surface area contributed by atoms with Crippen molar-refractivity contribution in [2.75, 3.05) is 19.0 Å². The second-order valence-corrected chi connectivity index (χ2v) is 3.10. The zero-order valence-corrected chi connectivity index (χ0v) is 7.74. The minimum Gasteiger partial charge on any atom is -0.361 e. The van der Waals surface area contributed by atoms with Crippen LogP contribution in [-0.4, -0.2) is 19.1 Å². The molecule has 0 saturated heterocycles. The third-order valence-corrected chi connectivity index (χ3v) is 1.63. The molecular weight excluding hydrogens is 183 g/mol. The number of aromatic nitrogens is 1. The summed E-state index contributed by atoms with van der Waals surface area (Å²) in [6.07, 6.45) is 2.61. The van der Waals surface area contributed by atoms with E-state index in [4.69, 9.17) is 23.2 Å². The van der Waals surface area contributed by atoms with Crippen molar-refractivity contribution in [3.63, 3.8) is 0 Å². The van der Waals surface area contributed by atoms with E-state index >= 15 is 0 Å². The zero-order chi connectivity index (χ0) is 8.43. The van der Waals surface area contributed by atoms with Crippen LogP contribution in [0, 0.1) is 6.20 Å². The molecule has 0 fully saturated rings. The molecule has 0 N–H and O–H groups in total. The molecule has 59 valence electrons. The van der Waals surface area contributed by atoms with Crippen molar-refractivity contribution < 1.29 is 0 Å². The number of nitrogens with zero attached hydrogens (tertiary/aromatic N) is 2. The molecule has 0 aliphatic rings. The van der Waals surface area contributed by atoms with Gasteiger partial charge in [-0.25, -0.2) is 4.98 Å². The van der Waals surface area contributed by atoms with Gasteiger partial charge in [0.25, 0.3) is 0 Å². The summed E-state index contributed by atoms with van der Waals surface area (Å²) in [6.45, 7) is 0.